The number of aliphatic hydroxyl groups is 1. The molecule has 3 saturated heterocycles. The van der Waals surface area contributed by atoms with E-state index in [1.807, 2.05) is 24.5 Å². The van der Waals surface area contributed by atoms with Crippen molar-refractivity contribution < 1.29 is 5.11 Å². The van der Waals surface area contributed by atoms with Crippen molar-refractivity contribution in [3.05, 3.63) is 54.4 Å². The van der Waals surface area contributed by atoms with E-state index in [4.69, 9.17) is 0 Å². The molecular weight excluding hydrogens is 260 g/mol. The third-order valence-electron chi connectivity index (χ3n) is 5.13. The molecule has 3 aliphatic rings. The lowest BCUT2D eigenvalue weighted by molar-refractivity contribution is -0.117. The van der Waals surface area contributed by atoms with Gasteiger partial charge in [0.1, 0.15) is 5.60 Å². The average Bonchev–Trinajstić information content (AvgIpc) is 2.57. The van der Waals surface area contributed by atoms with E-state index in [0.717, 1.165) is 43.6 Å². The van der Waals surface area contributed by atoms with Crippen molar-refractivity contribution in [1.82, 2.24) is 9.88 Å². The Morgan fingerprint density at radius 3 is 2.14 bits per heavy atom. The zero-order valence-electron chi connectivity index (χ0n) is 12.1. The Balaban J connectivity index is 1.65. The number of aromatic nitrogens is 1. The average molecular weight is 280 g/mol. The van der Waals surface area contributed by atoms with Crippen LogP contribution in [0, 0.1) is 5.92 Å². The molecule has 3 aliphatic heterocycles. The van der Waals surface area contributed by atoms with Crippen LogP contribution in [0.4, 0.5) is 0 Å². The first kappa shape index (κ1) is 13.0. The van der Waals surface area contributed by atoms with E-state index in [1.54, 1.807) is 0 Å². The highest BCUT2D eigenvalue weighted by molar-refractivity contribution is 5.63. The molecule has 21 heavy (non-hydrogen) atoms. The molecule has 1 atom stereocenters. The van der Waals surface area contributed by atoms with E-state index < -0.39 is 5.60 Å². The summed E-state index contributed by atoms with van der Waals surface area (Å²) in [6.45, 7) is 3.07. The zero-order chi connectivity index (χ0) is 14.3. The summed E-state index contributed by atoms with van der Waals surface area (Å²) >= 11 is 0. The van der Waals surface area contributed by atoms with E-state index in [-0.39, 0.29) is 0 Å². The molecule has 108 valence electrons. The molecule has 1 aromatic carbocycles. The maximum atomic E-state index is 11.1. The van der Waals surface area contributed by atoms with Gasteiger partial charge in [0.05, 0.1) is 0 Å². The second-order valence-electron chi connectivity index (χ2n) is 6.29. The summed E-state index contributed by atoms with van der Waals surface area (Å²) < 4.78 is 0. The Labute approximate surface area is 125 Å². The van der Waals surface area contributed by atoms with Crippen molar-refractivity contribution in [1.29, 1.82) is 0 Å². The first-order valence-electron chi connectivity index (χ1n) is 7.71. The monoisotopic (exact) mass is 280 g/mol. The Kier molecular flexibility index (Phi) is 3.05. The number of hydrogen-bond acceptors (Lipinski definition) is 3. The number of benzene rings is 1. The van der Waals surface area contributed by atoms with Gasteiger partial charge in [0.2, 0.25) is 0 Å². The zero-order valence-corrected chi connectivity index (χ0v) is 12.1. The van der Waals surface area contributed by atoms with Crippen LogP contribution in [0.5, 0.6) is 0 Å². The van der Waals surface area contributed by atoms with Crippen LogP contribution >= 0.6 is 0 Å². The number of nitrogens with zero attached hydrogens (tertiary/aromatic N) is 2. The van der Waals surface area contributed by atoms with Gasteiger partial charge in [0.15, 0.2) is 0 Å². The van der Waals surface area contributed by atoms with Gasteiger partial charge < -0.3 is 10.0 Å². The highest BCUT2D eigenvalue weighted by Gasteiger charge is 2.46. The van der Waals surface area contributed by atoms with Gasteiger partial charge >= 0.3 is 0 Å². The van der Waals surface area contributed by atoms with Crippen molar-refractivity contribution in [3.8, 4) is 11.1 Å². The molecule has 0 saturated carbocycles. The fraction of sp³-hybridized carbons (Fsp3) is 0.389. The number of pyridine rings is 1. The smallest absolute Gasteiger partial charge is 0.105 e. The van der Waals surface area contributed by atoms with Gasteiger partial charge in [-0.05, 0) is 60.7 Å². The normalized spacial score (nSPS) is 31.3. The van der Waals surface area contributed by atoms with Crippen molar-refractivity contribution in [3.63, 3.8) is 0 Å². The van der Waals surface area contributed by atoms with Crippen molar-refractivity contribution in [2.75, 3.05) is 19.6 Å². The van der Waals surface area contributed by atoms with Crippen LogP contribution in [0.3, 0.4) is 0 Å². The molecule has 3 nitrogen and oxygen atoms in total. The van der Waals surface area contributed by atoms with Crippen molar-refractivity contribution in [2.24, 2.45) is 5.92 Å². The van der Waals surface area contributed by atoms with Gasteiger partial charge in [-0.3, -0.25) is 4.98 Å². The maximum Gasteiger partial charge on any atom is 0.105 e. The van der Waals surface area contributed by atoms with Crippen LogP contribution in [0.2, 0.25) is 0 Å². The highest BCUT2D eigenvalue weighted by Crippen LogP contribution is 2.42. The van der Waals surface area contributed by atoms with E-state index >= 15 is 0 Å². The SMILES string of the molecule is O[C@]1(c2ccc(-c3ccncc3)cc2)CN2CCC1CC2. The van der Waals surface area contributed by atoms with E-state index in [0.29, 0.717) is 5.92 Å². The van der Waals surface area contributed by atoms with Crippen LogP contribution in [-0.4, -0.2) is 34.6 Å². The Morgan fingerprint density at radius 2 is 1.57 bits per heavy atom. The molecule has 0 spiro atoms. The second-order valence-corrected chi connectivity index (χ2v) is 6.29. The van der Waals surface area contributed by atoms with Crippen LogP contribution < -0.4 is 0 Å². The summed E-state index contributed by atoms with van der Waals surface area (Å²) in [6, 6.07) is 12.4. The lowest BCUT2D eigenvalue weighted by Gasteiger charge is -2.50. The molecule has 1 N–H and O–H groups in total. The fourth-order valence-corrected chi connectivity index (χ4v) is 3.86. The third-order valence-corrected chi connectivity index (χ3v) is 5.13. The van der Waals surface area contributed by atoms with E-state index in [2.05, 4.69) is 34.1 Å². The van der Waals surface area contributed by atoms with Gasteiger partial charge in [-0.25, -0.2) is 0 Å². The fourth-order valence-electron chi connectivity index (χ4n) is 3.86. The summed E-state index contributed by atoms with van der Waals surface area (Å²) in [4.78, 5) is 6.44. The van der Waals surface area contributed by atoms with Crippen LogP contribution in [0.15, 0.2) is 48.8 Å². The molecule has 0 radical (unpaired) electrons. The van der Waals surface area contributed by atoms with E-state index in [9.17, 15) is 5.11 Å². The van der Waals surface area contributed by atoms with E-state index in [1.165, 1.54) is 5.56 Å². The summed E-state index contributed by atoms with van der Waals surface area (Å²) in [7, 11) is 0. The first-order valence-corrected chi connectivity index (χ1v) is 7.71. The van der Waals surface area contributed by atoms with Crippen molar-refractivity contribution >= 4 is 0 Å². The Morgan fingerprint density at radius 1 is 0.952 bits per heavy atom. The second kappa shape index (κ2) is 4.93. The van der Waals surface area contributed by atoms with Gasteiger partial charge in [0.25, 0.3) is 0 Å². The number of fused-ring (bicyclic) bond motifs is 3. The largest absolute Gasteiger partial charge is 0.384 e. The lowest BCUT2D eigenvalue weighted by Crippen LogP contribution is -2.57. The minimum Gasteiger partial charge on any atom is -0.384 e. The predicted molar refractivity (Wildman–Crippen MR) is 82.7 cm³/mol. The number of rotatable bonds is 2. The molecule has 0 amide bonds. The molecule has 4 heterocycles. The predicted octanol–water partition coefficient (Wildman–Crippen LogP) is 2.66. The van der Waals surface area contributed by atoms with Crippen molar-refractivity contribution in [2.45, 2.75) is 18.4 Å². The number of piperidine rings is 3. The van der Waals surface area contributed by atoms with Gasteiger partial charge in [0, 0.05) is 18.9 Å². The molecule has 1 aromatic heterocycles. The Bertz CT molecular complexity index is 617. The standard InChI is InChI=1S/C18H20N2O/c21-18(13-20-11-7-17(18)8-12-20)16-3-1-14(2-4-16)15-5-9-19-10-6-15/h1-6,9-10,17,21H,7-8,11-13H2/t18-/m0/s1. The van der Waals surface area contributed by atoms with Crippen LogP contribution in [0.1, 0.15) is 18.4 Å². The van der Waals surface area contributed by atoms with Gasteiger partial charge in [-0.2, -0.15) is 0 Å². The molecule has 2 aromatic rings. The molecule has 3 heteroatoms. The molecule has 5 rings (SSSR count). The molecule has 0 aliphatic carbocycles. The first-order chi connectivity index (χ1) is 10.3. The lowest BCUT2D eigenvalue weighted by atomic mass is 9.71. The Hall–Kier alpha value is -1.71. The van der Waals surface area contributed by atoms with Crippen LogP contribution in [0.25, 0.3) is 11.1 Å². The quantitative estimate of drug-likeness (QED) is 0.919. The topological polar surface area (TPSA) is 36.4 Å². The highest BCUT2D eigenvalue weighted by atomic mass is 16.3. The number of hydrogen-bond donors (Lipinski definition) is 1. The summed E-state index contributed by atoms with van der Waals surface area (Å²) in [5.74, 6) is 0.411. The molecule has 3 fully saturated rings. The minimum absolute atomic E-state index is 0.411. The summed E-state index contributed by atoms with van der Waals surface area (Å²) in [5.41, 5.74) is 2.74. The third kappa shape index (κ3) is 2.17. The summed E-state index contributed by atoms with van der Waals surface area (Å²) in [5, 5.41) is 11.1. The maximum absolute atomic E-state index is 11.1. The molecule has 2 bridgehead atoms. The van der Waals surface area contributed by atoms with Crippen LogP contribution in [-0.2, 0) is 5.60 Å². The minimum atomic E-state index is -0.659. The molecular formula is C18H20N2O. The van der Waals surface area contributed by atoms with Gasteiger partial charge in [-0.1, -0.05) is 24.3 Å². The summed E-state index contributed by atoms with van der Waals surface area (Å²) in [6.07, 6.45) is 5.85. The molecule has 0 unspecified atom stereocenters. The van der Waals surface area contributed by atoms with Gasteiger partial charge in [-0.15, -0.1) is 0 Å².